The monoisotopic (exact) mass is 268 g/mol. The fraction of sp³-hybridized carbons (Fsp3) is 0.765. The molecule has 0 aromatic heterocycles. The van der Waals surface area contributed by atoms with Crippen LogP contribution in [0.4, 0.5) is 0 Å². The van der Waals surface area contributed by atoms with Crippen molar-refractivity contribution in [2.75, 3.05) is 0 Å². The third-order valence-electron chi connectivity index (χ3n) is 3.37. The normalized spacial score (nSPS) is 15.4. The standard InChI is InChI=1S/C17H32O2/c1-3-4-5-6-7-8-9-10-11-12-13-14-15-17(19)16(2)18/h3-6,16-19H,7-15H2,1-2H3. The van der Waals surface area contributed by atoms with Crippen LogP contribution in [0.1, 0.15) is 71.6 Å². The van der Waals surface area contributed by atoms with Crippen LogP contribution in [-0.4, -0.2) is 22.4 Å². The maximum atomic E-state index is 9.43. The Morgan fingerprint density at radius 3 is 2.00 bits per heavy atom. The Morgan fingerprint density at radius 1 is 0.842 bits per heavy atom. The average molecular weight is 268 g/mol. The second kappa shape index (κ2) is 13.8. The molecule has 0 aliphatic rings. The molecular formula is C17H32O2. The van der Waals surface area contributed by atoms with Crippen LogP contribution in [0.3, 0.4) is 0 Å². The van der Waals surface area contributed by atoms with Crippen molar-refractivity contribution >= 4 is 0 Å². The van der Waals surface area contributed by atoms with E-state index < -0.39 is 12.2 Å². The predicted molar refractivity (Wildman–Crippen MR) is 83.2 cm³/mol. The summed E-state index contributed by atoms with van der Waals surface area (Å²) >= 11 is 0. The molecule has 0 spiro atoms. The molecule has 0 rings (SSSR count). The SMILES string of the molecule is CC=CC=CCCCCCCCCCC(O)C(C)O. The molecule has 2 unspecified atom stereocenters. The largest absolute Gasteiger partial charge is 0.391 e. The second-order valence-corrected chi connectivity index (χ2v) is 5.31. The van der Waals surface area contributed by atoms with Crippen molar-refractivity contribution in [3.8, 4) is 0 Å². The van der Waals surface area contributed by atoms with E-state index in [1.54, 1.807) is 6.92 Å². The first-order valence-electron chi connectivity index (χ1n) is 7.82. The number of rotatable bonds is 12. The topological polar surface area (TPSA) is 40.5 Å². The van der Waals surface area contributed by atoms with Gasteiger partial charge in [-0.25, -0.2) is 0 Å². The molecule has 112 valence electrons. The van der Waals surface area contributed by atoms with E-state index in [2.05, 4.69) is 18.2 Å². The van der Waals surface area contributed by atoms with Crippen LogP contribution in [0, 0.1) is 0 Å². The lowest BCUT2D eigenvalue weighted by Crippen LogP contribution is -2.21. The molecule has 2 N–H and O–H groups in total. The summed E-state index contributed by atoms with van der Waals surface area (Å²) in [6.07, 6.45) is 17.9. The van der Waals surface area contributed by atoms with Gasteiger partial charge in [-0.2, -0.15) is 0 Å². The zero-order valence-corrected chi connectivity index (χ0v) is 12.7. The molecule has 0 saturated heterocycles. The van der Waals surface area contributed by atoms with Crippen molar-refractivity contribution in [3.05, 3.63) is 24.3 Å². The minimum atomic E-state index is -0.587. The summed E-state index contributed by atoms with van der Waals surface area (Å²) in [6, 6.07) is 0. The summed E-state index contributed by atoms with van der Waals surface area (Å²) in [4.78, 5) is 0. The van der Waals surface area contributed by atoms with Gasteiger partial charge >= 0.3 is 0 Å². The average Bonchev–Trinajstić information content (AvgIpc) is 2.39. The molecule has 2 atom stereocenters. The van der Waals surface area contributed by atoms with Crippen molar-refractivity contribution in [1.82, 2.24) is 0 Å². The number of allylic oxidation sites excluding steroid dienone is 4. The van der Waals surface area contributed by atoms with Gasteiger partial charge in [0.25, 0.3) is 0 Å². The predicted octanol–water partition coefficient (Wildman–Crippen LogP) is 4.37. The van der Waals surface area contributed by atoms with Crippen LogP contribution in [0.5, 0.6) is 0 Å². The quantitative estimate of drug-likeness (QED) is 0.407. The summed E-state index contributed by atoms with van der Waals surface area (Å²) in [7, 11) is 0. The molecule has 0 radical (unpaired) electrons. The fourth-order valence-corrected chi connectivity index (χ4v) is 2.03. The number of hydrogen-bond donors (Lipinski definition) is 2. The molecule has 0 amide bonds. The maximum Gasteiger partial charge on any atom is 0.0796 e. The van der Waals surface area contributed by atoms with E-state index in [1.807, 2.05) is 13.0 Å². The molecule has 0 saturated carbocycles. The molecule has 0 fully saturated rings. The van der Waals surface area contributed by atoms with Gasteiger partial charge in [0.15, 0.2) is 0 Å². The number of unbranched alkanes of at least 4 members (excludes halogenated alkanes) is 7. The van der Waals surface area contributed by atoms with Crippen molar-refractivity contribution in [2.24, 2.45) is 0 Å². The molecule has 0 aromatic rings. The Kier molecular flexibility index (Phi) is 13.4. The zero-order valence-electron chi connectivity index (χ0n) is 12.7. The first kappa shape index (κ1) is 18.4. The van der Waals surface area contributed by atoms with Crippen molar-refractivity contribution in [3.63, 3.8) is 0 Å². The van der Waals surface area contributed by atoms with Crippen LogP contribution in [0.25, 0.3) is 0 Å². The number of aliphatic hydroxyl groups excluding tert-OH is 2. The van der Waals surface area contributed by atoms with Crippen LogP contribution < -0.4 is 0 Å². The van der Waals surface area contributed by atoms with Gasteiger partial charge in [-0.3, -0.25) is 0 Å². The Bertz CT molecular complexity index is 231. The molecule has 2 nitrogen and oxygen atoms in total. The number of aliphatic hydroxyl groups is 2. The molecule has 0 bridgehead atoms. The minimum absolute atomic E-state index is 0.538. The summed E-state index contributed by atoms with van der Waals surface area (Å²) in [5, 5.41) is 18.6. The third kappa shape index (κ3) is 13.6. The summed E-state index contributed by atoms with van der Waals surface area (Å²) in [5.41, 5.74) is 0. The fourth-order valence-electron chi connectivity index (χ4n) is 2.03. The highest BCUT2D eigenvalue weighted by Gasteiger charge is 2.09. The highest BCUT2D eigenvalue weighted by atomic mass is 16.3. The summed E-state index contributed by atoms with van der Waals surface area (Å²) in [6.45, 7) is 3.68. The van der Waals surface area contributed by atoms with Crippen LogP contribution in [0.15, 0.2) is 24.3 Å². The van der Waals surface area contributed by atoms with E-state index in [9.17, 15) is 5.11 Å². The molecule has 0 aliphatic carbocycles. The molecule has 19 heavy (non-hydrogen) atoms. The Hall–Kier alpha value is -0.600. The van der Waals surface area contributed by atoms with Crippen molar-refractivity contribution < 1.29 is 10.2 Å². The highest BCUT2D eigenvalue weighted by molar-refractivity contribution is 5.00. The lowest BCUT2D eigenvalue weighted by atomic mass is 10.0. The molecule has 0 heterocycles. The minimum Gasteiger partial charge on any atom is -0.391 e. The maximum absolute atomic E-state index is 9.43. The lowest BCUT2D eigenvalue weighted by Gasteiger charge is -2.12. The van der Waals surface area contributed by atoms with E-state index in [1.165, 1.54) is 44.9 Å². The summed E-state index contributed by atoms with van der Waals surface area (Å²) < 4.78 is 0. The Morgan fingerprint density at radius 2 is 1.42 bits per heavy atom. The van der Waals surface area contributed by atoms with Gasteiger partial charge in [-0.1, -0.05) is 62.8 Å². The van der Waals surface area contributed by atoms with E-state index >= 15 is 0 Å². The highest BCUT2D eigenvalue weighted by Crippen LogP contribution is 2.11. The van der Waals surface area contributed by atoms with Crippen LogP contribution >= 0.6 is 0 Å². The summed E-state index contributed by atoms with van der Waals surface area (Å²) in [5.74, 6) is 0. The smallest absolute Gasteiger partial charge is 0.0796 e. The Labute approximate surface area is 119 Å². The van der Waals surface area contributed by atoms with E-state index in [4.69, 9.17) is 5.11 Å². The van der Waals surface area contributed by atoms with Crippen LogP contribution in [0.2, 0.25) is 0 Å². The Balaban J connectivity index is 3.15. The molecule has 0 aromatic carbocycles. The van der Waals surface area contributed by atoms with Gasteiger partial charge in [0.05, 0.1) is 12.2 Å². The second-order valence-electron chi connectivity index (χ2n) is 5.31. The molecular weight excluding hydrogens is 236 g/mol. The number of hydrogen-bond acceptors (Lipinski definition) is 2. The van der Waals surface area contributed by atoms with Crippen molar-refractivity contribution in [2.45, 2.75) is 83.8 Å². The van der Waals surface area contributed by atoms with Gasteiger partial charge in [0.2, 0.25) is 0 Å². The van der Waals surface area contributed by atoms with Gasteiger partial charge < -0.3 is 10.2 Å². The van der Waals surface area contributed by atoms with Gasteiger partial charge in [0.1, 0.15) is 0 Å². The zero-order chi connectivity index (χ0) is 14.3. The first-order valence-corrected chi connectivity index (χ1v) is 7.82. The molecule has 0 aliphatic heterocycles. The van der Waals surface area contributed by atoms with Gasteiger partial charge in [0, 0.05) is 0 Å². The van der Waals surface area contributed by atoms with Crippen molar-refractivity contribution in [1.29, 1.82) is 0 Å². The van der Waals surface area contributed by atoms with E-state index in [0.29, 0.717) is 0 Å². The van der Waals surface area contributed by atoms with E-state index in [0.717, 1.165) is 12.8 Å². The van der Waals surface area contributed by atoms with E-state index in [-0.39, 0.29) is 0 Å². The van der Waals surface area contributed by atoms with Gasteiger partial charge in [-0.15, -0.1) is 0 Å². The lowest BCUT2D eigenvalue weighted by molar-refractivity contribution is 0.0247. The third-order valence-corrected chi connectivity index (χ3v) is 3.37. The van der Waals surface area contributed by atoms with Crippen LogP contribution in [-0.2, 0) is 0 Å². The molecule has 2 heteroatoms. The first-order chi connectivity index (χ1) is 9.18. The van der Waals surface area contributed by atoms with Gasteiger partial charge in [-0.05, 0) is 33.1 Å².